The van der Waals surface area contributed by atoms with Crippen LogP contribution < -0.4 is 5.73 Å². The quantitative estimate of drug-likeness (QED) is 0.743. The number of unbranched alkanes of at least 4 members (excludes halogenated alkanes) is 1. The van der Waals surface area contributed by atoms with Gasteiger partial charge in [-0.2, -0.15) is 0 Å². The normalized spacial score (nSPS) is 10.7. The first-order chi connectivity index (χ1) is 9.04. The number of ketones is 1. The second-order valence-electron chi connectivity index (χ2n) is 4.43. The van der Waals surface area contributed by atoms with E-state index in [2.05, 4.69) is 6.92 Å². The van der Waals surface area contributed by atoms with Crippen molar-refractivity contribution in [3.05, 3.63) is 34.9 Å². The van der Waals surface area contributed by atoms with Gasteiger partial charge in [-0.25, -0.2) is 0 Å². The van der Waals surface area contributed by atoms with Crippen molar-refractivity contribution in [3.63, 3.8) is 0 Å². The van der Waals surface area contributed by atoms with Crippen LogP contribution >= 0.6 is 11.6 Å². The summed E-state index contributed by atoms with van der Waals surface area (Å²) >= 11 is 5.98. The summed E-state index contributed by atoms with van der Waals surface area (Å²) in [6.07, 6.45) is 1.92. The van der Waals surface area contributed by atoms with E-state index in [1.54, 1.807) is 29.2 Å². The fourth-order valence-electron chi connectivity index (χ4n) is 1.79. The second-order valence-corrected chi connectivity index (χ2v) is 4.84. The summed E-state index contributed by atoms with van der Waals surface area (Å²) in [6, 6.07) is 6.91. The van der Waals surface area contributed by atoms with Crippen LogP contribution in [-0.4, -0.2) is 36.2 Å². The van der Waals surface area contributed by atoms with Gasteiger partial charge in [-0.05, 0) is 25.1 Å². The highest BCUT2D eigenvalue weighted by Gasteiger charge is 2.15. The largest absolute Gasteiger partial charge is 0.369 e. The molecule has 1 aromatic carbocycles. The fraction of sp³-hybridized carbons (Fsp3) is 0.429. The number of Topliss-reactive ketones (excluding diaryl/α,β-unsaturated/α-hetero) is 1. The van der Waals surface area contributed by atoms with Crippen molar-refractivity contribution in [1.29, 1.82) is 0 Å². The number of hydrogen-bond donors (Lipinski definition) is 1. The maximum Gasteiger partial charge on any atom is 0.231 e. The molecule has 0 saturated carbocycles. The Labute approximate surface area is 118 Å². The zero-order chi connectivity index (χ0) is 14.3. The van der Waals surface area contributed by atoms with Crippen molar-refractivity contribution in [1.82, 2.24) is 4.90 Å². The third kappa shape index (κ3) is 5.41. The number of carbonyl (C=O) groups is 2. The first kappa shape index (κ1) is 15.7. The van der Waals surface area contributed by atoms with Crippen LogP contribution in [0.1, 0.15) is 30.1 Å². The third-order valence-corrected chi connectivity index (χ3v) is 3.08. The highest BCUT2D eigenvalue weighted by atomic mass is 35.5. The molecule has 0 aliphatic carbocycles. The van der Waals surface area contributed by atoms with Crippen LogP contribution in [0.15, 0.2) is 24.3 Å². The lowest BCUT2D eigenvalue weighted by Gasteiger charge is -2.19. The molecule has 104 valence electrons. The number of amides is 1. The minimum absolute atomic E-state index is 0.0934. The molecule has 19 heavy (non-hydrogen) atoms. The molecular weight excluding hydrogens is 264 g/mol. The van der Waals surface area contributed by atoms with Crippen molar-refractivity contribution in [3.8, 4) is 0 Å². The van der Waals surface area contributed by atoms with Gasteiger partial charge < -0.3 is 5.73 Å². The molecule has 0 unspecified atom stereocenters. The van der Waals surface area contributed by atoms with E-state index >= 15 is 0 Å². The molecule has 0 aliphatic rings. The lowest BCUT2D eigenvalue weighted by Crippen LogP contribution is -2.38. The van der Waals surface area contributed by atoms with E-state index in [1.165, 1.54) is 0 Å². The molecule has 0 heterocycles. The highest BCUT2D eigenvalue weighted by molar-refractivity contribution is 6.34. The number of carbonyl (C=O) groups excluding carboxylic acids is 2. The van der Waals surface area contributed by atoms with Crippen molar-refractivity contribution in [2.75, 3.05) is 19.6 Å². The Kier molecular flexibility index (Phi) is 6.53. The first-order valence-corrected chi connectivity index (χ1v) is 6.70. The molecule has 1 amide bonds. The predicted octanol–water partition coefficient (Wildman–Crippen LogP) is 2.11. The summed E-state index contributed by atoms with van der Waals surface area (Å²) in [5.41, 5.74) is 5.67. The molecule has 0 saturated heterocycles. The highest BCUT2D eigenvalue weighted by Crippen LogP contribution is 2.15. The Hall–Kier alpha value is -1.39. The number of primary amides is 1. The smallest absolute Gasteiger partial charge is 0.231 e. The molecule has 0 fully saturated rings. The topological polar surface area (TPSA) is 63.4 Å². The van der Waals surface area contributed by atoms with Gasteiger partial charge in [-0.1, -0.05) is 37.1 Å². The van der Waals surface area contributed by atoms with Gasteiger partial charge >= 0.3 is 0 Å². The van der Waals surface area contributed by atoms with E-state index in [4.69, 9.17) is 17.3 Å². The molecule has 0 bridgehead atoms. The summed E-state index contributed by atoms with van der Waals surface area (Å²) in [6.45, 7) is 2.98. The van der Waals surface area contributed by atoms with Crippen molar-refractivity contribution >= 4 is 23.3 Å². The van der Waals surface area contributed by atoms with E-state index < -0.39 is 5.91 Å². The molecule has 1 aromatic rings. The summed E-state index contributed by atoms with van der Waals surface area (Å²) in [7, 11) is 0. The molecule has 2 N–H and O–H groups in total. The zero-order valence-corrected chi connectivity index (χ0v) is 11.8. The van der Waals surface area contributed by atoms with Crippen LogP contribution in [0, 0.1) is 0 Å². The Bertz CT molecular complexity index is 449. The van der Waals surface area contributed by atoms with Crippen LogP contribution in [0.5, 0.6) is 0 Å². The third-order valence-electron chi connectivity index (χ3n) is 2.75. The molecule has 4 nitrogen and oxygen atoms in total. The van der Waals surface area contributed by atoms with E-state index in [0.29, 0.717) is 17.1 Å². The monoisotopic (exact) mass is 282 g/mol. The minimum atomic E-state index is -0.428. The van der Waals surface area contributed by atoms with Crippen LogP contribution in [0.2, 0.25) is 5.02 Å². The lowest BCUT2D eigenvalue weighted by atomic mass is 10.1. The summed E-state index contributed by atoms with van der Waals surface area (Å²) in [5.74, 6) is -0.522. The number of hydrogen-bond acceptors (Lipinski definition) is 3. The Morgan fingerprint density at radius 3 is 2.53 bits per heavy atom. The van der Waals surface area contributed by atoms with Gasteiger partial charge in [0.25, 0.3) is 0 Å². The number of nitrogens with two attached hydrogens (primary N) is 1. The van der Waals surface area contributed by atoms with Crippen molar-refractivity contribution < 1.29 is 9.59 Å². The van der Waals surface area contributed by atoms with Gasteiger partial charge in [0.15, 0.2) is 5.78 Å². The molecule has 0 atom stereocenters. The predicted molar refractivity (Wildman–Crippen MR) is 76.3 cm³/mol. The molecule has 0 spiro atoms. The average molecular weight is 283 g/mol. The van der Waals surface area contributed by atoms with Crippen molar-refractivity contribution in [2.24, 2.45) is 5.73 Å². The minimum Gasteiger partial charge on any atom is -0.369 e. The first-order valence-electron chi connectivity index (χ1n) is 6.33. The number of rotatable bonds is 8. The Balaban J connectivity index is 2.70. The molecule has 0 aliphatic heterocycles. The van der Waals surface area contributed by atoms with E-state index in [0.717, 1.165) is 12.8 Å². The van der Waals surface area contributed by atoms with Gasteiger partial charge in [0, 0.05) is 5.56 Å². The zero-order valence-electron chi connectivity index (χ0n) is 11.1. The van der Waals surface area contributed by atoms with Crippen LogP contribution in [0.4, 0.5) is 0 Å². The number of benzene rings is 1. The van der Waals surface area contributed by atoms with Crippen LogP contribution in [-0.2, 0) is 4.79 Å². The van der Waals surface area contributed by atoms with Gasteiger partial charge in [0.05, 0.1) is 18.1 Å². The van der Waals surface area contributed by atoms with Crippen molar-refractivity contribution in [2.45, 2.75) is 19.8 Å². The van der Waals surface area contributed by atoms with E-state index in [1.807, 2.05) is 0 Å². The number of nitrogens with zero attached hydrogens (tertiary/aromatic N) is 1. The SMILES string of the molecule is CCCCN(CC(N)=O)CC(=O)c1ccccc1Cl. The van der Waals surface area contributed by atoms with E-state index in [9.17, 15) is 9.59 Å². The molecule has 1 rings (SSSR count). The maximum atomic E-state index is 12.1. The lowest BCUT2D eigenvalue weighted by molar-refractivity contribution is -0.119. The molecule has 5 heteroatoms. The number of halogens is 1. The van der Waals surface area contributed by atoms with Gasteiger partial charge in [-0.3, -0.25) is 14.5 Å². The molecule has 0 radical (unpaired) electrons. The van der Waals surface area contributed by atoms with E-state index in [-0.39, 0.29) is 18.9 Å². The average Bonchev–Trinajstić information content (AvgIpc) is 2.35. The fourth-order valence-corrected chi connectivity index (χ4v) is 2.03. The standard InChI is InChI=1S/C14H19ClN2O2/c1-2-3-8-17(10-14(16)19)9-13(18)11-6-4-5-7-12(11)15/h4-7H,2-3,8-10H2,1H3,(H2,16,19). The van der Waals surface area contributed by atoms with Gasteiger partial charge in [-0.15, -0.1) is 0 Å². The van der Waals surface area contributed by atoms with Gasteiger partial charge in [0.2, 0.25) is 5.91 Å². The Morgan fingerprint density at radius 1 is 1.26 bits per heavy atom. The Morgan fingerprint density at radius 2 is 1.95 bits per heavy atom. The van der Waals surface area contributed by atoms with Gasteiger partial charge in [0.1, 0.15) is 0 Å². The summed E-state index contributed by atoms with van der Waals surface area (Å²) in [4.78, 5) is 24.9. The second kappa shape index (κ2) is 7.92. The maximum absolute atomic E-state index is 12.1. The van der Waals surface area contributed by atoms with Crippen LogP contribution in [0.25, 0.3) is 0 Å². The summed E-state index contributed by atoms with van der Waals surface area (Å²) in [5, 5.41) is 0.432. The summed E-state index contributed by atoms with van der Waals surface area (Å²) < 4.78 is 0. The van der Waals surface area contributed by atoms with Crippen LogP contribution in [0.3, 0.4) is 0 Å². The molecular formula is C14H19ClN2O2. The molecule has 0 aromatic heterocycles.